The molecule has 4 fully saturated rings. The number of allylic oxidation sites excluding steroid dienone is 1. The minimum atomic E-state index is -0.544. The first kappa shape index (κ1) is 21.4. The van der Waals surface area contributed by atoms with Gasteiger partial charge in [0.2, 0.25) is 5.91 Å². The highest BCUT2D eigenvalue weighted by Gasteiger charge is 2.49. The molecule has 0 aromatic heterocycles. The number of hydrogen-bond donors (Lipinski definition) is 1. The van der Waals surface area contributed by atoms with Gasteiger partial charge in [0.05, 0.1) is 22.9 Å². The van der Waals surface area contributed by atoms with Crippen LogP contribution in [0.1, 0.15) is 38.5 Å². The van der Waals surface area contributed by atoms with Crippen molar-refractivity contribution < 1.29 is 9.72 Å². The van der Waals surface area contributed by atoms with Crippen molar-refractivity contribution in [2.45, 2.75) is 56.0 Å². The summed E-state index contributed by atoms with van der Waals surface area (Å²) in [6.07, 6.45) is 13.0. The SMILES string of the molecule is O=C(CN1CCN(C2C3CCCC4CC2CC4C3)CC1)NC1C=C([N+](=O)[O-])C=CC1Cl. The number of amides is 1. The molecule has 1 amide bonds. The van der Waals surface area contributed by atoms with Gasteiger partial charge in [0.25, 0.3) is 5.70 Å². The molecule has 7 nitrogen and oxygen atoms in total. The van der Waals surface area contributed by atoms with Crippen molar-refractivity contribution in [2.75, 3.05) is 32.7 Å². The van der Waals surface area contributed by atoms with Crippen molar-refractivity contribution in [1.29, 1.82) is 0 Å². The van der Waals surface area contributed by atoms with Crippen molar-refractivity contribution in [3.63, 3.8) is 0 Å². The summed E-state index contributed by atoms with van der Waals surface area (Å²) in [7, 11) is 0. The number of carbonyl (C=O) groups is 1. The number of nitro groups is 1. The van der Waals surface area contributed by atoms with Gasteiger partial charge in [0.1, 0.15) is 0 Å². The number of nitrogens with one attached hydrogen (secondary N) is 1. The first-order chi connectivity index (χ1) is 15.0. The Labute approximate surface area is 189 Å². The molecule has 0 spiro atoms. The van der Waals surface area contributed by atoms with Gasteiger partial charge in [0, 0.05) is 44.4 Å². The van der Waals surface area contributed by atoms with Crippen molar-refractivity contribution >= 4 is 17.5 Å². The van der Waals surface area contributed by atoms with E-state index in [2.05, 4.69) is 15.1 Å². The van der Waals surface area contributed by atoms with Crippen LogP contribution in [-0.4, -0.2) is 70.8 Å². The Morgan fingerprint density at radius 1 is 1.10 bits per heavy atom. The zero-order valence-electron chi connectivity index (χ0n) is 18.0. The van der Waals surface area contributed by atoms with E-state index in [4.69, 9.17) is 11.6 Å². The number of hydrogen-bond acceptors (Lipinski definition) is 5. The van der Waals surface area contributed by atoms with Gasteiger partial charge >= 0.3 is 0 Å². The van der Waals surface area contributed by atoms with Gasteiger partial charge in [0.15, 0.2) is 0 Å². The zero-order valence-corrected chi connectivity index (χ0v) is 18.8. The standard InChI is InChI=1S/C23H33ClN4O3/c24-20-5-4-19(28(30)31)13-21(20)25-22(29)14-26-6-8-27(9-7-26)23-16-3-1-2-15-10-18(23)12-17(15)11-16/h4-5,13,15-18,20-21,23H,1-3,6-12,14H2,(H,25,29). The molecular formula is C23H33ClN4O3. The van der Waals surface area contributed by atoms with Crippen LogP contribution in [0.4, 0.5) is 0 Å². The van der Waals surface area contributed by atoms with E-state index in [0.29, 0.717) is 6.54 Å². The molecule has 7 atom stereocenters. The Hall–Kier alpha value is -1.44. The first-order valence-corrected chi connectivity index (χ1v) is 12.4. The highest BCUT2D eigenvalue weighted by molar-refractivity contribution is 6.22. The van der Waals surface area contributed by atoms with Gasteiger partial charge in [-0.1, -0.05) is 18.9 Å². The fourth-order valence-electron chi connectivity index (χ4n) is 7.16. The van der Waals surface area contributed by atoms with Crippen LogP contribution in [0.5, 0.6) is 0 Å². The second kappa shape index (κ2) is 8.83. The lowest BCUT2D eigenvalue weighted by molar-refractivity contribution is -0.419. The maximum absolute atomic E-state index is 12.6. The van der Waals surface area contributed by atoms with Crippen molar-refractivity contribution in [2.24, 2.45) is 23.7 Å². The van der Waals surface area contributed by atoms with E-state index in [1.165, 1.54) is 50.7 Å². The third kappa shape index (κ3) is 4.41. The minimum absolute atomic E-state index is 0.0256. The van der Waals surface area contributed by atoms with E-state index >= 15 is 0 Å². The summed E-state index contributed by atoms with van der Waals surface area (Å²) in [5, 5.41) is 13.4. The van der Waals surface area contributed by atoms with Crippen LogP contribution in [0, 0.1) is 33.8 Å². The molecule has 3 bridgehead atoms. The maximum Gasteiger partial charge on any atom is 0.267 e. The highest BCUT2D eigenvalue weighted by Crippen LogP contribution is 2.54. The number of nitrogens with zero attached hydrogens (tertiary/aromatic N) is 3. The quantitative estimate of drug-likeness (QED) is 0.397. The molecule has 1 heterocycles. The second-order valence-electron chi connectivity index (χ2n) is 10.2. The molecule has 7 unspecified atom stereocenters. The summed E-state index contributed by atoms with van der Waals surface area (Å²) < 4.78 is 0. The average molecular weight is 449 g/mol. The highest BCUT2D eigenvalue weighted by atomic mass is 35.5. The normalized spacial score (nSPS) is 40.4. The van der Waals surface area contributed by atoms with E-state index in [0.717, 1.165) is 55.9 Å². The summed E-state index contributed by atoms with van der Waals surface area (Å²) in [5.74, 6) is 3.66. The molecule has 1 N–H and O–H groups in total. The van der Waals surface area contributed by atoms with Crippen LogP contribution < -0.4 is 5.32 Å². The summed E-state index contributed by atoms with van der Waals surface area (Å²) in [6, 6.07) is 0.215. The molecule has 5 rings (SSSR count). The topological polar surface area (TPSA) is 78.7 Å². The molecule has 4 aliphatic carbocycles. The molecule has 0 aromatic rings. The van der Waals surface area contributed by atoms with Gasteiger partial charge in [-0.15, -0.1) is 11.6 Å². The summed E-state index contributed by atoms with van der Waals surface area (Å²) in [4.78, 5) is 28.1. The van der Waals surface area contributed by atoms with Crippen LogP contribution in [0.3, 0.4) is 0 Å². The Kier molecular flexibility index (Phi) is 6.10. The molecule has 0 radical (unpaired) electrons. The van der Waals surface area contributed by atoms with Gasteiger partial charge < -0.3 is 5.32 Å². The molecule has 5 aliphatic rings. The molecule has 31 heavy (non-hydrogen) atoms. The summed E-state index contributed by atoms with van der Waals surface area (Å²) in [6.45, 7) is 4.20. The maximum atomic E-state index is 12.6. The molecular weight excluding hydrogens is 416 g/mol. The number of piperazine rings is 1. The third-order valence-corrected chi connectivity index (χ3v) is 8.89. The Morgan fingerprint density at radius 3 is 2.58 bits per heavy atom. The fourth-order valence-corrected chi connectivity index (χ4v) is 7.37. The van der Waals surface area contributed by atoms with Crippen LogP contribution in [0.25, 0.3) is 0 Å². The van der Waals surface area contributed by atoms with Crippen LogP contribution >= 0.6 is 11.6 Å². The van der Waals surface area contributed by atoms with E-state index in [9.17, 15) is 14.9 Å². The van der Waals surface area contributed by atoms with Crippen molar-refractivity contribution in [3.8, 4) is 0 Å². The third-order valence-electron chi connectivity index (χ3n) is 8.48. The molecule has 1 saturated heterocycles. The van der Waals surface area contributed by atoms with Gasteiger partial charge in [-0.2, -0.15) is 0 Å². The number of alkyl halides is 1. The summed E-state index contributed by atoms with van der Waals surface area (Å²) >= 11 is 6.23. The van der Waals surface area contributed by atoms with Crippen LogP contribution in [0.2, 0.25) is 0 Å². The molecule has 1 aliphatic heterocycles. The number of halogens is 1. The van der Waals surface area contributed by atoms with E-state index in [-0.39, 0.29) is 11.6 Å². The lowest BCUT2D eigenvalue weighted by Gasteiger charge is -2.47. The van der Waals surface area contributed by atoms with E-state index in [1.54, 1.807) is 6.08 Å². The Bertz CT molecular complexity index is 779. The zero-order chi connectivity index (χ0) is 21.5. The van der Waals surface area contributed by atoms with Gasteiger partial charge in [-0.25, -0.2) is 0 Å². The second-order valence-corrected chi connectivity index (χ2v) is 10.7. The lowest BCUT2D eigenvalue weighted by atomic mass is 9.74. The summed E-state index contributed by atoms with van der Waals surface area (Å²) in [5.41, 5.74) is -0.0256. The molecule has 0 aromatic carbocycles. The van der Waals surface area contributed by atoms with Gasteiger partial charge in [-0.05, 0) is 49.4 Å². The van der Waals surface area contributed by atoms with Crippen LogP contribution in [-0.2, 0) is 4.79 Å². The lowest BCUT2D eigenvalue weighted by Crippen LogP contribution is -2.57. The smallest absolute Gasteiger partial charge is 0.267 e. The predicted octanol–water partition coefficient (Wildman–Crippen LogP) is 2.64. The van der Waals surface area contributed by atoms with E-state index < -0.39 is 16.3 Å². The average Bonchev–Trinajstić information content (AvgIpc) is 2.97. The molecule has 3 saturated carbocycles. The fraction of sp³-hybridized carbons (Fsp3) is 0.783. The number of rotatable bonds is 5. The van der Waals surface area contributed by atoms with Gasteiger partial charge in [-0.3, -0.25) is 24.7 Å². The van der Waals surface area contributed by atoms with E-state index in [1.807, 2.05) is 0 Å². The predicted molar refractivity (Wildman–Crippen MR) is 119 cm³/mol. The number of fused-ring (bicyclic) bond motifs is 2. The van der Waals surface area contributed by atoms with Crippen LogP contribution in [0.15, 0.2) is 23.9 Å². The minimum Gasteiger partial charge on any atom is -0.347 e. The monoisotopic (exact) mass is 448 g/mol. The Balaban J connectivity index is 1.12. The Morgan fingerprint density at radius 2 is 1.81 bits per heavy atom. The van der Waals surface area contributed by atoms with Crippen molar-refractivity contribution in [1.82, 2.24) is 15.1 Å². The number of carbonyl (C=O) groups excluding carboxylic acids is 1. The van der Waals surface area contributed by atoms with Crippen molar-refractivity contribution in [3.05, 3.63) is 34.0 Å². The molecule has 8 heteroatoms. The first-order valence-electron chi connectivity index (χ1n) is 11.9. The molecule has 170 valence electrons. The largest absolute Gasteiger partial charge is 0.347 e.